The molecule has 0 spiro atoms. The zero-order valence-electron chi connectivity index (χ0n) is 29.9. The molecule has 47 heavy (non-hydrogen) atoms. The van der Waals surface area contributed by atoms with Crippen molar-refractivity contribution in [3.63, 3.8) is 0 Å². The summed E-state index contributed by atoms with van der Waals surface area (Å²) in [5, 5.41) is 20.8. The molecule has 0 saturated carbocycles. The van der Waals surface area contributed by atoms with Gasteiger partial charge >= 0.3 is 0 Å². The number of unbranched alkanes of at least 4 members (excludes halogenated alkanes) is 18. The van der Waals surface area contributed by atoms with Crippen molar-refractivity contribution in [2.45, 2.75) is 149 Å². The maximum Gasteiger partial charge on any atom is 0.128 e. The van der Waals surface area contributed by atoms with Gasteiger partial charge in [-0.2, -0.15) is 0 Å². The van der Waals surface area contributed by atoms with E-state index in [1.807, 2.05) is 24.3 Å². The van der Waals surface area contributed by atoms with Gasteiger partial charge in [0.05, 0.1) is 13.2 Å². The third-order valence-electron chi connectivity index (χ3n) is 8.57. The van der Waals surface area contributed by atoms with Crippen LogP contribution in [0.5, 0.6) is 23.0 Å². The Kier molecular flexibility index (Phi) is 24.0. The number of ether oxygens (including phenoxy) is 2. The number of hydrogen-bond acceptors (Lipinski definition) is 6. The number of nitrogens with zero attached hydrogens (tertiary/aromatic N) is 2. The fourth-order valence-electron chi connectivity index (χ4n) is 5.58. The van der Waals surface area contributed by atoms with Crippen LogP contribution in [0.1, 0.15) is 160 Å². The average molecular weight is 651 g/mol. The van der Waals surface area contributed by atoms with Gasteiger partial charge in [0, 0.05) is 48.8 Å². The van der Waals surface area contributed by atoms with E-state index in [-0.39, 0.29) is 11.5 Å². The fraction of sp³-hybridized carbons (Fsp3) is 0.659. The van der Waals surface area contributed by atoms with E-state index in [1.165, 1.54) is 116 Å². The molecule has 264 valence electrons. The normalized spacial score (nSPS) is 11.6. The van der Waals surface area contributed by atoms with Crippen molar-refractivity contribution in [2.75, 3.05) is 26.3 Å². The Morgan fingerprint density at radius 1 is 0.468 bits per heavy atom. The Hall–Kier alpha value is -3.02. The van der Waals surface area contributed by atoms with Gasteiger partial charge in [0.25, 0.3) is 0 Å². The van der Waals surface area contributed by atoms with Crippen LogP contribution in [-0.4, -0.2) is 48.9 Å². The molecule has 0 amide bonds. The molecular formula is C41H66N2O4. The standard InChI is InChI=1S/C41H66N2O4/c1-3-5-7-9-11-13-15-17-19-21-30-46-38-26-24-36(40(44)32-38)34-42-28-23-29-43-35-37-25-27-39(33-41(37)45)47-31-22-20-18-16-14-12-10-8-6-4-2/h24-27,32-35,44-45H,3-23,28-31H2,1-2H3. The molecule has 0 fully saturated rings. The smallest absolute Gasteiger partial charge is 0.128 e. The molecule has 0 saturated heterocycles. The van der Waals surface area contributed by atoms with Gasteiger partial charge in [0.2, 0.25) is 0 Å². The van der Waals surface area contributed by atoms with Gasteiger partial charge in [-0.15, -0.1) is 0 Å². The second-order valence-electron chi connectivity index (χ2n) is 12.9. The first kappa shape index (κ1) is 40.2. The minimum absolute atomic E-state index is 0.179. The maximum absolute atomic E-state index is 10.4. The van der Waals surface area contributed by atoms with Gasteiger partial charge in [-0.1, -0.05) is 129 Å². The van der Waals surface area contributed by atoms with Crippen LogP contribution in [0.25, 0.3) is 0 Å². The van der Waals surface area contributed by atoms with Crippen molar-refractivity contribution < 1.29 is 19.7 Å². The quantitative estimate of drug-likeness (QED) is 0.0651. The molecule has 2 aromatic rings. The fourth-order valence-corrected chi connectivity index (χ4v) is 5.58. The topological polar surface area (TPSA) is 83.6 Å². The van der Waals surface area contributed by atoms with Gasteiger partial charge in [0.15, 0.2) is 0 Å². The van der Waals surface area contributed by atoms with Gasteiger partial charge in [0.1, 0.15) is 23.0 Å². The van der Waals surface area contributed by atoms with Crippen LogP contribution in [0.15, 0.2) is 46.4 Å². The van der Waals surface area contributed by atoms with Crippen LogP contribution in [0.2, 0.25) is 0 Å². The zero-order chi connectivity index (χ0) is 33.6. The molecular weight excluding hydrogens is 584 g/mol. The van der Waals surface area contributed by atoms with Crippen molar-refractivity contribution in [2.24, 2.45) is 9.98 Å². The van der Waals surface area contributed by atoms with Crippen LogP contribution in [0.3, 0.4) is 0 Å². The monoisotopic (exact) mass is 651 g/mol. The van der Waals surface area contributed by atoms with E-state index in [1.54, 1.807) is 24.6 Å². The third-order valence-corrected chi connectivity index (χ3v) is 8.57. The number of phenolic OH excluding ortho intramolecular Hbond substituents is 2. The van der Waals surface area contributed by atoms with Crippen molar-refractivity contribution in [1.82, 2.24) is 0 Å². The first-order valence-corrected chi connectivity index (χ1v) is 19.0. The highest BCUT2D eigenvalue weighted by Crippen LogP contribution is 2.24. The summed E-state index contributed by atoms with van der Waals surface area (Å²) < 4.78 is 11.7. The molecule has 2 N–H and O–H groups in total. The average Bonchev–Trinajstić information content (AvgIpc) is 3.07. The van der Waals surface area contributed by atoms with E-state index in [9.17, 15) is 10.2 Å². The second-order valence-corrected chi connectivity index (χ2v) is 12.9. The number of hydrogen-bond donors (Lipinski definition) is 2. The van der Waals surface area contributed by atoms with Gasteiger partial charge in [-0.3, -0.25) is 9.98 Å². The first-order chi connectivity index (χ1) is 23.1. The Balaban J connectivity index is 1.52. The van der Waals surface area contributed by atoms with Gasteiger partial charge < -0.3 is 19.7 Å². The first-order valence-electron chi connectivity index (χ1n) is 19.0. The van der Waals surface area contributed by atoms with Crippen molar-refractivity contribution in [3.8, 4) is 23.0 Å². The van der Waals surface area contributed by atoms with E-state index in [4.69, 9.17) is 9.47 Å². The summed E-state index contributed by atoms with van der Waals surface area (Å²) >= 11 is 0. The highest BCUT2D eigenvalue weighted by Gasteiger charge is 2.04. The SMILES string of the molecule is CCCCCCCCCCCCOc1ccc(C=NCCCN=Cc2ccc(OCCCCCCCCCCCC)cc2O)c(O)c1. The predicted molar refractivity (Wildman–Crippen MR) is 200 cm³/mol. The van der Waals surface area contributed by atoms with E-state index >= 15 is 0 Å². The van der Waals surface area contributed by atoms with E-state index in [2.05, 4.69) is 23.8 Å². The molecule has 2 rings (SSSR count). The summed E-state index contributed by atoms with van der Waals surface area (Å²) in [6.45, 7) is 7.09. The summed E-state index contributed by atoms with van der Waals surface area (Å²) in [6, 6.07) is 10.8. The van der Waals surface area contributed by atoms with Crippen LogP contribution >= 0.6 is 0 Å². The zero-order valence-corrected chi connectivity index (χ0v) is 29.9. The van der Waals surface area contributed by atoms with Crippen LogP contribution in [-0.2, 0) is 0 Å². The highest BCUT2D eigenvalue weighted by atomic mass is 16.5. The number of phenols is 2. The maximum atomic E-state index is 10.4. The van der Waals surface area contributed by atoms with Crippen molar-refractivity contribution in [1.29, 1.82) is 0 Å². The van der Waals surface area contributed by atoms with Crippen LogP contribution in [0.4, 0.5) is 0 Å². The molecule has 0 atom stereocenters. The summed E-state index contributed by atoms with van der Waals surface area (Å²) in [7, 11) is 0. The van der Waals surface area contributed by atoms with E-state index in [0.29, 0.717) is 48.9 Å². The minimum atomic E-state index is 0.179. The van der Waals surface area contributed by atoms with Crippen molar-refractivity contribution >= 4 is 12.4 Å². The van der Waals surface area contributed by atoms with E-state index in [0.717, 1.165) is 19.3 Å². The van der Waals surface area contributed by atoms with E-state index < -0.39 is 0 Å². The summed E-state index contributed by atoms with van der Waals surface area (Å²) in [5.41, 5.74) is 1.36. The Bertz CT molecular complexity index is 1020. The summed E-state index contributed by atoms with van der Waals surface area (Å²) in [5.74, 6) is 1.75. The molecule has 0 bridgehead atoms. The lowest BCUT2D eigenvalue weighted by Gasteiger charge is -2.08. The second kappa shape index (κ2) is 28.0. The summed E-state index contributed by atoms with van der Waals surface area (Å²) in [6.07, 6.45) is 30.2. The predicted octanol–water partition coefficient (Wildman–Crippen LogP) is 11.6. The lowest BCUT2D eigenvalue weighted by Crippen LogP contribution is -1.98. The summed E-state index contributed by atoms with van der Waals surface area (Å²) in [4.78, 5) is 8.88. The number of aliphatic imine (C=N–C) groups is 2. The van der Waals surface area contributed by atoms with Crippen molar-refractivity contribution in [3.05, 3.63) is 47.5 Å². The van der Waals surface area contributed by atoms with Crippen LogP contribution in [0, 0.1) is 0 Å². The molecule has 0 heterocycles. The Morgan fingerprint density at radius 2 is 0.809 bits per heavy atom. The molecule has 0 aromatic heterocycles. The molecule has 0 aliphatic rings. The largest absolute Gasteiger partial charge is 0.507 e. The van der Waals surface area contributed by atoms with Gasteiger partial charge in [-0.25, -0.2) is 0 Å². The lowest BCUT2D eigenvalue weighted by atomic mass is 10.1. The molecule has 0 aliphatic heterocycles. The Labute approximate surface area is 287 Å². The number of rotatable bonds is 30. The third kappa shape index (κ3) is 20.7. The molecule has 0 unspecified atom stereocenters. The van der Waals surface area contributed by atoms with Crippen LogP contribution < -0.4 is 9.47 Å². The minimum Gasteiger partial charge on any atom is -0.507 e. The number of aromatic hydroxyl groups is 2. The molecule has 0 aliphatic carbocycles. The van der Waals surface area contributed by atoms with Gasteiger partial charge in [-0.05, 0) is 43.5 Å². The molecule has 0 radical (unpaired) electrons. The molecule has 6 nitrogen and oxygen atoms in total. The molecule has 2 aromatic carbocycles. The lowest BCUT2D eigenvalue weighted by molar-refractivity contribution is 0.302. The molecule has 6 heteroatoms. The Morgan fingerprint density at radius 3 is 1.15 bits per heavy atom. The highest BCUT2D eigenvalue weighted by molar-refractivity contribution is 5.84. The number of benzene rings is 2.